The molecule has 0 fully saturated rings. The molecular weight excluding hydrogens is 272 g/mol. The van der Waals surface area contributed by atoms with Gasteiger partial charge in [-0.3, -0.25) is 0 Å². The van der Waals surface area contributed by atoms with Crippen molar-refractivity contribution in [1.82, 2.24) is 10.2 Å². The summed E-state index contributed by atoms with van der Waals surface area (Å²) in [6.45, 7) is 0. The number of carboxylic acid groups (broad SMARTS) is 1. The third-order valence-electron chi connectivity index (χ3n) is 2.79. The number of carboxylic acids is 1. The molecule has 3 aromatic rings. The summed E-state index contributed by atoms with van der Waals surface area (Å²) in [4.78, 5) is 12.9. The van der Waals surface area contributed by atoms with Crippen molar-refractivity contribution in [3.63, 3.8) is 0 Å². The highest BCUT2D eigenvalue weighted by atomic mass is 32.2. The number of aromatic nitrogens is 2. The van der Waals surface area contributed by atoms with Crippen LogP contribution in [0.15, 0.2) is 64.4 Å². The minimum atomic E-state index is -1.07. The van der Waals surface area contributed by atoms with Crippen molar-refractivity contribution >= 4 is 28.6 Å². The van der Waals surface area contributed by atoms with E-state index >= 15 is 0 Å². The molecule has 20 heavy (non-hydrogen) atoms. The normalized spacial score (nSPS) is 10.6. The zero-order valence-electron chi connectivity index (χ0n) is 10.4. The molecule has 0 aliphatic rings. The quantitative estimate of drug-likeness (QED) is 0.796. The topological polar surface area (TPSA) is 63.1 Å². The van der Waals surface area contributed by atoms with Gasteiger partial charge in [-0.2, -0.15) is 0 Å². The van der Waals surface area contributed by atoms with Crippen LogP contribution in [0.4, 0.5) is 0 Å². The van der Waals surface area contributed by atoms with Crippen molar-refractivity contribution in [3.8, 4) is 0 Å². The maximum atomic E-state index is 11.3. The second-order valence-corrected chi connectivity index (χ2v) is 5.20. The number of nitrogens with zero attached hydrogens (tertiary/aromatic N) is 2. The van der Waals surface area contributed by atoms with Gasteiger partial charge in [0, 0.05) is 10.3 Å². The zero-order valence-corrected chi connectivity index (χ0v) is 11.2. The van der Waals surface area contributed by atoms with Gasteiger partial charge in [0.05, 0.1) is 10.4 Å². The maximum absolute atomic E-state index is 11.3. The molecule has 5 heteroatoms. The van der Waals surface area contributed by atoms with Crippen molar-refractivity contribution < 1.29 is 9.90 Å². The van der Waals surface area contributed by atoms with Crippen molar-refractivity contribution in [2.45, 2.75) is 9.79 Å². The van der Waals surface area contributed by atoms with Gasteiger partial charge in [-0.05, 0) is 18.2 Å². The molecule has 0 saturated heterocycles. The Labute approximate surface area is 119 Å². The summed E-state index contributed by atoms with van der Waals surface area (Å²) < 4.78 is 0. The summed E-state index contributed by atoms with van der Waals surface area (Å²) in [5.74, 6) is -1.07. The second-order valence-electron chi connectivity index (χ2n) is 4.12. The maximum Gasteiger partial charge on any atom is 0.357 e. The smallest absolute Gasteiger partial charge is 0.357 e. The van der Waals surface area contributed by atoms with E-state index in [2.05, 4.69) is 10.2 Å². The van der Waals surface area contributed by atoms with Gasteiger partial charge in [0.2, 0.25) is 0 Å². The molecule has 0 aliphatic heterocycles. The fourth-order valence-corrected chi connectivity index (χ4v) is 2.92. The molecule has 0 spiro atoms. The molecular formula is C15H10N2O2S. The zero-order chi connectivity index (χ0) is 13.9. The summed E-state index contributed by atoms with van der Waals surface area (Å²) in [5.41, 5.74) is 0.675. The second kappa shape index (κ2) is 5.30. The predicted molar refractivity (Wildman–Crippen MR) is 77.1 cm³/mol. The van der Waals surface area contributed by atoms with E-state index in [4.69, 9.17) is 0 Å². The lowest BCUT2D eigenvalue weighted by molar-refractivity contribution is 0.0685. The molecule has 0 atom stereocenters. The van der Waals surface area contributed by atoms with Gasteiger partial charge < -0.3 is 5.11 Å². The lowest BCUT2D eigenvalue weighted by Crippen LogP contribution is -2.05. The predicted octanol–water partition coefficient (Wildman–Crippen LogP) is 3.48. The van der Waals surface area contributed by atoms with E-state index < -0.39 is 5.97 Å². The molecule has 0 aliphatic carbocycles. The van der Waals surface area contributed by atoms with Crippen LogP contribution in [-0.2, 0) is 0 Å². The molecule has 2 aromatic carbocycles. The van der Waals surface area contributed by atoms with E-state index in [1.807, 2.05) is 54.6 Å². The van der Waals surface area contributed by atoms with Crippen LogP contribution in [0.3, 0.4) is 0 Å². The summed E-state index contributed by atoms with van der Waals surface area (Å²) in [7, 11) is 0. The molecule has 1 N–H and O–H groups in total. The third-order valence-corrected chi connectivity index (χ3v) is 3.91. The Morgan fingerprint density at radius 3 is 2.40 bits per heavy atom. The first-order valence-electron chi connectivity index (χ1n) is 5.97. The fourth-order valence-electron chi connectivity index (χ4n) is 1.88. The van der Waals surface area contributed by atoms with Crippen LogP contribution < -0.4 is 0 Å². The third kappa shape index (κ3) is 2.35. The van der Waals surface area contributed by atoms with Crippen LogP contribution in [0.1, 0.15) is 10.5 Å². The number of aromatic carboxylic acids is 1. The van der Waals surface area contributed by atoms with E-state index in [0.29, 0.717) is 10.4 Å². The average molecular weight is 282 g/mol. The molecule has 0 saturated carbocycles. The number of fused-ring (bicyclic) bond motifs is 1. The SMILES string of the molecule is O=C(O)c1nnc2ccccc2c1Sc1ccccc1. The summed E-state index contributed by atoms with van der Waals surface area (Å²) in [5, 5.41) is 17.9. The van der Waals surface area contributed by atoms with Gasteiger partial charge in [-0.15, -0.1) is 10.2 Å². The van der Waals surface area contributed by atoms with Crippen LogP contribution in [-0.4, -0.2) is 21.3 Å². The Morgan fingerprint density at radius 2 is 1.65 bits per heavy atom. The molecule has 4 nitrogen and oxygen atoms in total. The fraction of sp³-hybridized carbons (Fsp3) is 0. The van der Waals surface area contributed by atoms with E-state index in [1.165, 1.54) is 11.8 Å². The van der Waals surface area contributed by atoms with Crippen molar-refractivity contribution in [1.29, 1.82) is 0 Å². The van der Waals surface area contributed by atoms with Crippen LogP contribution in [0.2, 0.25) is 0 Å². The highest BCUT2D eigenvalue weighted by Crippen LogP contribution is 2.34. The van der Waals surface area contributed by atoms with Crippen LogP contribution in [0, 0.1) is 0 Å². The molecule has 98 valence electrons. The largest absolute Gasteiger partial charge is 0.476 e. The minimum absolute atomic E-state index is 0.0162. The van der Waals surface area contributed by atoms with E-state index in [9.17, 15) is 9.90 Å². The molecule has 1 aromatic heterocycles. The Hall–Kier alpha value is -2.40. The summed E-state index contributed by atoms with van der Waals surface area (Å²) in [6, 6.07) is 17.0. The first-order chi connectivity index (χ1) is 9.75. The standard InChI is InChI=1S/C15H10N2O2S/c18-15(19)13-14(20-10-6-2-1-3-7-10)11-8-4-5-9-12(11)16-17-13/h1-9H,(H,18,19). The van der Waals surface area contributed by atoms with Gasteiger partial charge in [0.1, 0.15) is 0 Å². The Kier molecular flexibility index (Phi) is 3.35. The molecule has 0 radical (unpaired) electrons. The Bertz CT molecular complexity index is 775. The highest BCUT2D eigenvalue weighted by Gasteiger charge is 2.17. The van der Waals surface area contributed by atoms with E-state index in [-0.39, 0.29) is 5.69 Å². The van der Waals surface area contributed by atoms with Gasteiger partial charge >= 0.3 is 5.97 Å². The number of hydrogen-bond acceptors (Lipinski definition) is 4. The van der Waals surface area contributed by atoms with Gasteiger partial charge in [0.25, 0.3) is 0 Å². The monoisotopic (exact) mass is 282 g/mol. The van der Waals surface area contributed by atoms with E-state index in [0.717, 1.165) is 10.3 Å². The average Bonchev–Trinajstić information content (AvgIpc) is 2.48. The molecule has 0 unspecified atom stereocenters. The summed E-state index contributed by atoms with van der Waals surface area (Å²) in [6.07, 6.45) is 0. The van der Waals surface area contributed by atoms with Crippen LogP contribution >= 0.6 is 11.8 Å². The van der Waals surface area contributed by atoms with Crippen LogP contribution in [0.25, 0.3) is 10.9 Å². The highest BCUT2D eigenvalue weighted by molar-refractivity contribution is 7.99. The minimum Gasteiger partial charge on any atom is -0.476 e. The van der Waals surface area contributed by atoms with Gasteiger partial charge in [-0.25, -0.2) is 4.79 Å². The number of benzene rings is 2. The molecule has 3 rings (SSSR count). The number of hydrogen-bond donors (Lipinski definition) is 1. The van der Waals surface area contributed by atoms with Gasteiger partial charge in [0.15, 0.2) is 5.69 Å². The van der Waals surface area contributed by atoms with Crippen LogP contribution in [0.5, 0.6) is 0 Å². The first-order valence-corrected chi connectivity index (χ1v) is 6.79. The van der Waals surface area contributed by atoms with Gasteiger partial charge in [-0.1, -0.05) is 48.2 Å². The Morgan fingerprint density at radius 1 is 0.950 bits per heavy atom. The number of rotatable bonds is 3. The lowest BCUT2D eigenvalue weighted by Gasteiger charge is -2.08. The Balaban J connectivity index is 2.20. The molecule has 1 heterocycles. The van der Waals surface area contributed by atoms with Crippen molar-refractivity contribution in [2.24, 2.45) is 0 Å². The number of carbonyl (C=O) groups is 1. The molecule has 0 amide bonds. The summed E-state index contributed by atoms with van der Waals surface area (Å²) >= 11 is 1.39. The van der Waals surface area contributed by atoms with Crippen molar-refractivity contribution in [3.05, 3.63) is 60.3 Å². The van der Waals surface area contributed by atoms with E-state index in [1.54, 1.807) is 0 Å². The first kappa shape index (κ1) is 12.6. The lowest BCUT2D eigenvalue weighted by atomic mass is 10.2. The van der Waals surface area contributed by atoms with Crippen molar-refractivity contribution in [2.75, 3.05) is 0 Å². The molecule has 0 bridgehead atoms.